The number of fused-ring (bicyclic) bond motifs is 3. The molecule has 4 nitrogen and oxygen atoms in total. The predicted octanol–water partition coefficient (Wildman–Crippen LogP) is 3.88. The predicted molar refractivity (Wildman–Crippen MR) is 104 cm³/mol. The van der Waals surface area contributed by atoms with Gasteiger partial charge >= 0.3 is 0 Å². The lowest BCUT2D eigenvalue weighted by molar-refractivity contribution is 0.0169. The van der Waals surface area contributed by atoms with Gasteiger partial charge in [0.25, 0.3) is 0 Å². The summed E-state index contributed by atoms with van der Waals surface area (Å²) < 4.78 is 5.88. The molecule has 2 aromatic carbocycles. The van der Waals surface area contributed by atoms with Gasteiger partial charge in [0.05, 0.1) is 0 Å². The Morgan fingerprint density at radius 3 is 2.77 bits per heavy atom. The third-order valence-electron chi connectivity index (χ3n) is 5.25. The van der Waals surface area contributed by atoms with Crippen molar-refractivity contribution in [3.63, 3.8) is 0 Å². The van der Waals surface area contributed by atoms with Gasteiger partial charge in [-0.25, -0.2) is 0 Å². The Bertz CT molecular complexity index is 884. The largest absolute Gasteiger partial charge is 0.492 e. The van der Waals surface area contributed by atoms with Gasteiger partial charge in [0, 0.05) is 29.2 Å². The molecule has 0 fully saturated rings. The average molecular weight is 350 g/mol. The monoisotopic (exact) mass is 350 g/mol. The van der Waals surface area contributed by atoms with E-state index in [1.807, 2.05) is 36.4 Å². The van der Waals surface area contributed by atoms with Crippen LogP contribution in [0.1, 0.15) is 36.6 Å². The lowest BCUT2D eigenvalue weighted by atomic mass is 9.96. The van der Waals surface area contributed by atoms with E-state index < -0.39 is 5.72 Å². The van der Waals surface area contributed by atoms with E-state index in [1.165, 1.54) is 41.4 Å². The maximum absolute atomic E-state index is 10.5. The molecule has 3 aromatic rings. The molecule has 1 aromatic heterocycles. The molecule has 1 atom stereocenters. The molecule has 136 valence electrons. The van der Waals surface area contributed by atoms with E-state index in [0.717, 1.165) is 17.7 Å². The molecule has 0 spiro atoms. The minimum Gasteiger partial charge on any atom is -0.492 e. The molecule has 1 aliphatic carbocycles. The van der Waals surface area contributed by atoms with Crippen LogP contribution in [-0.4, -0.2) is 23.2 Å². The van der Waals surface area contributed by atoms with Crippen LogP contribution in [0, 0.1) is 0 Å². The summed E-state index contributed by atoms with van der Waals surface area (Å²) in [6.07, 6.45) is 4.88. The molecule has 0 amide bonds. The molecule has 1 heterocycles. The maximum Gasteiger partial charge on any atom is 0.139 e. The van der Waals surface area contributed by atoms with Crippen molar-refractivity contribution >= 4 is 10.9 Å². The fourth-order valence-corrected chi connectivity index (χ4v) is 3.81. The van der Waals surface area contributed by atoms with Crippen LogP contribution in [0.25, 0.3) is 10.9 Å². The number of ether oxygens (including phenoxy) is 1. The number of rotatable bonds is 6. The zero-order chi connectivity index (χ0) is 18.0. The minimum atomic E-state index is -1.06. The van der Waals surface area contributed by atoms with Crippen molar-refractivity contribution in [2.75, 3.05) is 13.2 Å². The molecule has 0 radical (unpaired) electrons. The van der Waals surface area contributed by atoms with Crippen LogP contribution in [0.4, 0.5) is 0 Å². The molecule has 0 saturated heterocycles. The van der Waals surface area contributed by atoms with E-state index in [-0.39, 0.29) is 0 Å². The summed E-state index contributed by atoms with van der Waals surface area (Å²) in [6, 6.07) is 15.9. The minimum absolute atomic E-state index is 0.495. The Labute approximate surface area is 154 Å². The number of nitrogens with one attached hydrogen (secondary N) is 2. The van der Waals surface area contributed by atoms with Crippen LogP contribution in [0.2, 0.25) is 0 Å². The number of benzene rings is 2. The summed E-state index contributed by atoms with van der Waals surface area (Å²) in [6.45, 7) is 2.81. The lowest BCUT2D eigenvalue weighted by Crippen LogP contribution is -2.41. The Hall–Kier alpha value is -2.30. The quantitative estimate of drug-likeness (QED) is 0.467. The zero-order valence-corrected chi connectivity index (χ0v) is 15.2. The number of aryl methyl sites for hydroxylation is 2. The van der Waals surface area contributed by atoms with Crippen LogP contribution in [0.15, 0.2) is 48.5 Å². The highest BCUT2D eigenvalue weighted by Crippen LogP contribution is 2.31. The Balaban J connectivity index is 1.36. The molecule has 4 rings (SSSR count). The van der Waals surface area contributed by atoms with E-state index in [0.29, 0.717) is 13.2 Å². The Kier molecular flexibility index (Phi) is 4.70. The van der Waals surface area contributed by atoms with Gasteiger partial charge in [-0.1, -0.05) is 30.3 Å². The van der Waals surface area contributed by atoms with E-state index >= 15 is 0 Å². The van der Waals surface area contributed by atoms with E-state index in [9.17, 15) is 5.11 Å². The van der Waals surface area contributed by atoms with Crippen molar-refractivity contribution in [2.24, 2.45) is 0 Å². The van der Waals surface area contributed by atoms with Crippen LogP contribution in [0.3, 0.4) is 0 Å². The van der Waals surface area contributed by atoms with Gasteiger partial charge in [0.15, 0.2) is 0 Å². The number of aromatic nitrogens is 1. The van der Waals surface area contributed by atoms with Gasteiger partial charge in [-0.05, 0) is 55.9 Å². The highest BCUT2D eigenvalue weighted by Gasteiger charge is 2.21. The van der Waals surface area contributed by atoms with Crippen molar-refractivity contribution in [3.8, 4) is 5.75 Å². The SMILES string of the molecule is C[C@@](O)(NCCOc1ccc2c3c([nH]c2c1)CCCC3)c1ccccc1. The van der Waals surface area contributed by atoms with Crippen LogP contribution in [-0.2, 0) is 18.6 Å². The van der Waals surface area contributed by atoms with E-state index in [2.05, 4.69) is 22.4 Å². The maximum atomic E-state index is 10.5. The third kappa shape index (κ3) is 3.48. The molecule has 0 saturated carbocycles. The topological polar surface area (TPSA) is 57.3 Å². The van der Waals surface area contributed by atoms with Gasteiger partial charge in [-0.15, -0.1) is 0 Å². The number of hydrogen-bond donors (Lipinski definition) is 3. The highest BCUT2D eigenvalue weighted by molar-refractivity contribution is 5.86. The van der Waals surface area contributed by atoms with Crippen molar-refractivity contribution < 1.29 is 9.84 Å². The molecular weight excluding hydrogens is 324 g/mol. The third-order valence-corrected chi connectivity index (χ3v) is 5.25. The second kappa shape index (κ2) is 7.14. The van der Waals surface area contributed by atoms with Crippen molar-refractivity contribution in [3.05, 3.63) is 65.4 Å². The second-order valence-corrected chi connectivity index (χ2v) is 7.21. The lowest BCUT2D eigenvalue weighted by Gasteiger charge is -2.25. The van der Waals surface area contributed by atoms with Gasteiger partial charge in [0.2, 0.25) is 0 Å². The molecular formula is C22H26N2O2. The summed E-state index contributed by atoms with van der Waals surface area (Å²) in [5, 5.41) is 15.0. The molecule has 1 aliphatic rings. The molecule has 26 heavy (non-hydrogen) atoms. The van der Waals surface area contributed by atoms with Gasteiger partial charge in [0.1, 0.15) is 18.1 Å². The fraction of sp³-hybridized carbons (Fsp3) is 0.364. The molecule has 0 unspecified atom stereocenters. The first-order valence-electron chi connectivity index (χ1n) is 9.43. The number of hydrogen-bond acceptors (Lipinski definition) is 3. The number of H-pyrrole nitrogens is 1. The van der Waals surface area contributed by atoms with Crippen LogP contribution < -0.4 is 10.1 Å². The Morgan fingerprint density at radius 2 is 1.92 bits per heavy atom. The smallest absolute Gasteiger partial charge is 0.139 e. The zero-order valence-electron chi connectivity index (χ0n) is 15.2. The van der Waals surface area contributed by atoms with E-state index in [1.54, 1.807) is 6.92 Å². The highest BCUT2D eigenvalue weighted by atomic mass is 16.5. The average Bonchev–Trinajstić information content (AvgIpc) is 3.04. The summed E-state index contributed by atoms with van der Waals surface area (Å²) in [5.74, 6) is 0.859. The van der Waals surface area contributed by atoms with Gasteiger partial charge < -0.3 is 14.8 Å². The van der Waals surface area contributed by atoms with Crippen molar-refractivity contribution in [1.82, 2.24) is 10.3 Å². The van der Waals surface area contributed by atoms with Crippen LogP contribution >= 0.6 is 0 Å². The molecule has 3 N–H and O–H groups in total. The summed E-state index contributed by atoms with van der Waals surface area (Å²) >= 11 is 0. The normalized spacial score (nSPS) is 16.2. The molecule has 0 bridgehead atoms. The summed E-state index contributed by atoms with van der Waals surface area (Å²) in [4.78, 5) is 3.56. The first kappa shape index (κ1) is 17.1. The second-order valence-electron chi connectivity index (χ2n) is 7.21. The van der Waals surface area contributed by atoms with Crippen LogP contribution in [0.5, 0.6) is 5.75 Å². The van der Waals surface area contributed by atoms with Gasteiger partial charge in [-0.2, -0.15) is 0 Å². The summed E-state index contributed by atoms with van der Waals surface area (Å²) in [5.41, 5.74) is 3.83. The first-order chi connectivity index (χ1) is 12.6. The standard InChI is InChI=1S/C22H26N2O2/c1-22(25,16-7-3-2-4-8-16)23-13-14-26-17-11-12-19-18-9-5-6-10-20(18)24-21(19)15-17/h2-4,7-8,11-12,15,23-25H,5-6,9-10,13-14H2,1H3/t22-/m0/s1. The molecule has 4 heteroatoms. The number of aromatic amines is 1. The van der Waals surface area contributed by atoms with Crippen molar-refractivity contribution in [2.45, 2.75) is 38.3 Å². The first-order valence-corrected chi connectivity index (χ1v) is 9.43. The molecule has 0 aliphatic heterocycles. The van der Waals surface area contributed by atoms with Crippen molar-refractivity contribution in [1.29, 1.82) is 0 Å². The van der Waals surface area contributed by atoms with Gasteiger partial charge in [-0.3, -0.25) is 5.32 Å². The Morgan fingerprint density at radius 1 is 1.12 bits per heavy atom. The summed E-state index contributed by atoms with van der Waals surface area (Å²) in [7, 11) is 0. The van der Waals surface area contributed by atoms with E-state index in [4.69, 9.17) is 4.74 Å². The fourth-order valence-electron chi connectivity index (χ4n) is 3.81. The number of aliphatic hydroxyl groups is 1.